The number of esters is 2. The smallest absolute Gasteiger partial charge is 0.325 e. The number of carbonyl (C=O) groups is 2. The van der Waals surface area contributed by atoms with Crippen molar-refractivity contribution in [2.24, 2.45) is 0 Å². The van der Waals surface area contributed by atoms with E-state index in [1.54, 1.807) is 6.92 Å². The van der Waals surface area contributed by atoms with Crippen LogP contribution in [0.25, 0.3) is 0 Å². The highest BCUT2D eigenvalue weighted by Gasteiger charge is 2.37. The van der Waals surface area contributed by atoms with E-state index in [0.29, 0.717) is 0 Å². The predicted molar refractivity (Wildman–Crippen MR) is 81.1 cm³/mol. The number of ether oxygens (including phenoxy) is 2. The molecule has 0 unspecified atom stereocenters. The highest BCUT2D eigenvalue weighted by molar-refractivity contribution is 5.81. The first-order chi connectivity index (χ1) is 10.5. The highest BCUT2D eigenvalue weighted by Crippen LogP contribution is 2.22. The average Bonchev–Trinajstić information content (AvgIpc) is 2.57. The Bertz CT molecular complexity index is 491. The van der Waals surface area contributed by atoms with E-state index < -0.39 is 23.5 Å². The fourth-order valence-corrected chi connectivity index (χ4v) is 2.22. The van der Waals surface area contributed by atoms with E-state index in [9.17, 15) is 14.7 Å². The molecule has 0 fully saturated rings. The third kappa shape index (κ3) is 4.82. The van der Waals surface area contributed by atoms with E-state index in [4.69, 9.17) is 4.74 Å². The number of benzene rings is 1. The number of nitrogens with one attached hydrogen (secondary N) is 1. The van der Waals surface area contributed by atoms with Gasteiger partial charge in [-0.25, -0.2) is 0 Å². The van der Waals surface area contributed by atoms with Gasteiger partial charge in [0.2, 0.25) is 0 Å². The van der Waals surface area contributed by atoms with Gasteiger partial charge in [0, 0.05) is 6.42 Å². The first-order valence-electron chi connectivity index (χ1n) is 7.05. The maximum Gasteiger partial charge on any atom is 0.325 e. The normalized spacial score (nSPS) is 14.7. The maximum absolute atomic E-state index is 12.1. The van der Waals surface area contributed by atoms with Gasteiger partial charge in [-0.15, -0.1) is 0 Å². The fraction of sp³-hybridized carbons (Fsp3) is 0.500. The molecule has 0 aromatic heterocycles. The summed E-state index contributed by atoms with van der Waals surface area (Å²) >= 11 is 0. The summed E-state index contributed by atoms with van der Waals surface area (Å²) in [5, 5.41) is 12.7. The second kappa shape index (κ2) is 8.51. The van der Waals surface area contributed by atoms with Crippen LogP contribution in [0.3, 0.4) is 0 Å². The molecule has 0 aliphatic rings. The van der Waals surface area contributed by atoms with Gasteiger partial charge in [-0.2, -0.15) is 0 Å². The Morgan fingerprint density at radius 3 is 2.36 bits per heavy atom. The topological polar surface area (TPSA) is 84.9 Å². The summed E-state index contributed by atoms with van der Waals surface area (Å²) in [4.78, 5) is 23.4. The van der Waals surface area contributed by atoms with Crippen LogP contribution in [0.4, 0.5) is 0 Å². The van der Waals surface area contributed by atoms with E-state index in [1.807, 2.05) is 30.3 Å². The van der Waals surface area contributed by atoms with Gasteiger partial charge < -0.3 is 14.6 Å². The molecule has 0 aliphatic heterocycles. The quantitative estimate of drug-likeness (QED) is 0.702. The minimum absolute atomic E-state index is 0.0715. The summed E-state index contributed by atoms with van der Waals surface area (Å²) in [5.74, 6) is -0.900. The van der Waals surface area contributed by atoms with Crippen molar-refractivity contribution in [1.29, 1.82) is 0 Å². The molecule has 0 aliphatic carbocycles. The Kier molecular flexibility index (Phi) is 7.01. The molecule has 2 atom stereocenters. The first kappa shape index (κ1) is 18.1. The van der Waals surface area contributed by atoms with Crippen molar-refractivity contribution in [1.82, 2.24) is 5.32 Å². The molecule has 1 aromatic rings. The molecule has 1 rings (SSSR count). The van der Waals surface area contributed by atoms with Crippen LogP contribution in [0, 0.1) is 0 Å². The van der Waals surface area contributed by atoms with Gasteiger partial charge in [-0.1, -0.05) is 30.3 Å². The number of rotatable bonds is 8. The van der Waals surface area contributed by atoms with Gasteiger partial charge in [0.05, 0.1) is 26.9 Å². The Morgan fingerprint density at radius 2 is 1.86 bits per heavy atom. The Morgan fingerprint density at radius 1 is 1.23 bits per heavy atom. The van der Waals surface area contributed by atoms with Crippen molar-refractivity contribution >= 4 is 11.9 Å². The molecular weight excluding hydrogens is 286 g/mol. The summed E-state index contributed by atoms with van der Waals surface area (Å²) in [5.41, 5.74) is -0.259. The fourth-order valence-electron chi connectivity index (χ4n) is 2.22. The lowest BCUT2D eigenvalue weighted by atomic mass is 9.93. The summed E-state index contributed by atoms with van der Waals surface area (Å²) < 4.78 is 9.43. The van der Waals surface area contributed by atoms with Crippen LogP contribution in [-0.4, -0.2) is 43.4 Å². The Hall–Kier alpha value is -1.92. The molecule has 122 valence electrons. The van der Waals surface area contributed by atoms with Gasteiger partial charge >= 0.3 is 11.9 Å². The summed E-state index contributed by atoms with van der Waals surface area (Å²) in [6.45, 7) is 1.46. The lowest BCUT2D eigenvalue weighted by molar-refractivity contribution is -0.149. The zero-order valence-electron chi connectivity index (χ0n) is 13.2. The van der Waals surface area contributed by atoms with Gasteiger partial charge in [-0.05, 0) is 18.9 Å². The number of hydrogen-bond donors (Lipinski definition) is 2. The van der Waals surface area contributed by atoms with Crippen molar-refractivity contribution < 1.29 is 24.2 Å². The Labute approximate surface area is 130 Å². The molecular formula is C16H23NO5. The molecule has 0 radical (unpaired) electrons. The van der Waals surface area contributed by atoms with Crippen molar-refractivity contribution in [3.63, 3.8) is 0 Å². The van der Waals surface area contributed by atoms with E-state index in [1.165, 1.54) is 14.2 Å². The predicted octanol–water partition coefficient (Wildman–Crippen LogP) is 1.19. The highest BCUT2D eigenvalue weighted by atomic mass is 16.5. The summed E-state index contributed by atoms with van der Waals surface area (Å²) in [6, 6.07) is 8.84. The summed E-state index contributed by atoms with van der Waals surface area (Å²) in [6.07, 6.45) is 0.276. The first-order valence-corrected chi connectivity index (χ1v) is 7.05. The molecule has 0 bridgehead atoms. The standard InChI is InChI=1S/C16H23NO5/c1-16(15(20)22-3,10-9-14(19)21-2)17-13(11-18)12-7-5-4-6-8-12/h4-8,13,17-18H,9-11H2,1-3H3/t13-,16-/m1/s1. The molecule has 6 nitrogen and oxygen atoms in total. The molecule has 0 amide bonds. The third-order valence-electron chi connectivity index (χ3n) is 3.57. The number of aliphatic hydroxyl groups excluding tert-OH is 1. The van der Waals surface area contributed by atoms with Gasteiger partial charge in [-0.3, -0.25) is 14.9 Å². The van der Waals surface area contributed by atoms with Crippen LogP contribution < -0.4 is 5.32 Å². The largest absolute Gasteiger partial charge is 0.469 e. The molecule has 0 spiro atoms. The monoisotopic (exact) mass is 309 g/mol. The van der Waals surface area contributed by atoms with E-state index in [-0.39, 0.29) is 19.4 Å². The average molecular weight is 309 g/mol. The SMILES string of the molecule is COC(=O)CC[C@@](C)(N[C@H](CO)c1ccccc1)C(=O)OC. The third-order valence-corrected chi connectivity index (χ3v) is 3.57. The van der Waals surface area contributed by atoms with Crippen LogP contribution in [0.5, 0.6) is 0 Å². The van der Waals surface area contributed by atoms with Gasteiger partial charge in [0.15, 0.2) is 0 Å². The lowest BCUT2D eigenvalue weighted by Gasteiger charge is -2.32. The van der Waals surface area contributed by atoms with Crippen molar-refractivity contribution in [2.75, 3.05) is 20.8 Å². The minimum atomic E-state index is -1.10. The van der Waals surface area contributed by atoms with Gasteiger partial charge in [0.25, 0.3) is 0 Å². The molecule has 22 heavy (non-hydrogen) atoms. The minimum Gasteiger partial charge on any atom is -0.469 e. The summed E-state index contributed by atoms with van der Waals surface area (Å²) in [7, 11) is 2.59. The number of carbonyl (C=O) groups excluding carboxylic acids is 2. The number of aliphatic hydroxyl groups is 1. The second-order valence-corrected chi connectivity index (χ2v) is 5.19. The van der Waals surface area contributed by atoms with E-state index in [2.05, 4.69) is 10.1 Å². The zero-order chi connectivity index (χ0) is 16.6. The van der Waals surface area contributed by atoms with Gasteiger partial charge in [0.1, 0.15) is 5.54 Å². The second-order valence-electron chi connectivity index (χ2n) is 5.19. The van der Waals surface area contributed by atoms with Crippen LogP contribution in [0.15, 0.2) is 30.3 Å². The number of methoxy groups -OCH3 is 2. The van der Waals surface area contributed by atoms with E-state index >= 15 is 0 Å². The zero-order valence-corrected chi connectivity index (χ0v) is 13.2. The molecule has 2 N–H and O–H groups in total. The lowest BCUT2D eigenvalue weighted by Crippen LogP contribution is -2.52. The molecule has 0 saturated carbocycles. The molecule has 0 saturated heterocycles. The van der Waals surface area contributed by atoms with Crippen LogP contribution >= 0.6 is 0 Å². The molecule has 1 aromatic carbocycles. The van der Waals surface area contributed by atoms with E-state index in [0.717, 1.165) is 5.56 Å². The van der Waals surface area contributed by atoms with Crippen LogP contribution in [0.2, 0.25) is 0 Å². The van der Waals surface area contributed by atoms with Crippen molar-refractivity contribution in [2.45, 2.75) is 31.3 Å². The van der Waals surface area contributed by atoms with Crippen molar-refractivity contribution in [3.05, 3.63) is 35.9 Å². The van der Waals surface area contributed by atoms with Crippen LogP contribution in [-0.2, 0) is 19.1 Å². The maximum atomic E-state index is 12.1. The molecule has 6 heteroatoms. The Balaban J connectivity index is 2.91. The van der Waals surface area contributed by atoms with Crippen LogP contribution in [0.1, 0.15) is 31.4 Å². The molecule has 0 heterocycles. The number of hydrogen-bond acceptors (Lipinski definition) is 6. The van der Waals surface area contributed by atoms with Crippen molar-refractivity contribution in [3.8, 4) is 0 Å².